The van der Waals surface area contributed by atoms with Crippen LogP contribution in [0.3, 0.4) is 0 Å². The fourth-order valence-electron chi connectivity index (χ4n) is 0. The molecule has 0 saturated heterocycles. The molecule has 0 unspecified atom stereocenters. The molecule has 0 aromatic carbocycles. The van der Waals surface area contributed by atoms with Gasteiger partial charge in [0, 0.05) is 0 Å². The van der Waals surface area contributed by atoms with Gasteiger partial charge in [-0.05, 0) is 0 Å². The normalized spacial score (nSPS) is 4.50. The molecule has 0 spiro atoms. The Balaban J connectivity index is -0.0000000160. The van der Waals surface area contributed by atoms with E-state index in [1.54, 1.807) is 0 Å². The maximum Gasteiger partial charge on any atom is -0.107 e. The summed E-state index contributed by atoms with van der Waals surface area (Å²) in [6.07, 6.45) is 0. The summed E-state index contributed by atoms with van der Waals surface area (Å²) in [6.45, 7) is 0. The zero-order valence-electron chi connectivity index (χ0n) is 5.63. The van der Waals surface area contributed by atoms with Gasteiger partial charge in [0.05, 0.1) is 0 Å². The fourth-order valence-corrected chi connectivity index (χ4v) is 0. The summed E-state index contributed by atoms with van der Waals surface area (Å²) in [5, 5.41) is 0. The molecule has 0 aromatic heterocycles. The van der Waals surface area contributed by atoms with E-state index in [0.29, 0.717) is 41.8 Å². The summed E-state index contributed by atoms with van der Waals surface area (Å²) in [6, 6.07) is 0. The van der Waals surface area contributed by atoms with Crippen LogP contribution in [0.25, 0.3) is 0 Å². The molecule has 0 rings (SSSR count). The van der Waals surface area contributed by atoms with Crippen LogP contribution in [0.1, 0.15) is 0 Å². The molecule has 0 aliphatic heterocycles. The van der Waals surface area contributed by atoms with Crippen LogP contribution in [0.5, 0.6) is 0 Å². The zero-order chi connectivity index (χ0) is 5.41. The Kier molecular flexibility index (Phi) is 90.7. The molecular formula is C4H14I2Te2. The van der Waals surface area contributed by atoms with Crippen LogP contribution >= 0.6 is 48.0 Å². The van der Waals surface area contributed by atoms with Crippen LogP contribution in [0.2, 0.25) is 19.9 Å². The van der Waals surface area contributed by atoms with Crippen molar-refractivity contribution in [3.05, 3.63) is 0 Å². The van der Waals surface area contributed by atoms with Gasteiger partial charge in [-0.1, -0.05) is 0 Å². The molecule has 0 N–H and O–H groups in total. The molecule has 0 amide bonds. The summed E-state index contributed by atoms with van der Waals surface area (Å²) >= 11 is 0.940. The molecule has 0 aliphatic carbocycles. The third-order valence-corrected chi connectivity index (χ3v) is 0. The van der Waals surface area contributed by atoms with E-state index in [4.69, 9.17) is 0 Å². The summed E-state index contributed by atoms with van der Waals surface area (Å²) in [7, 11) is 0. The molecule has 0 fully saturated rings. The molecule has 4 heteroatoms. The van der Waals surface area contributed by atoms with Gasteiger partial charge in [0.25, 0.3) is 0 Å². The quantitative estimate of drug-likeness (QED) is 0.310. The first-order valence-corrected chi connectivity index (χ1v) is 11.0. The minimum absolute atomic E-state index is 0. The van der Waals surface area contributed by atoms with Crippen molar-refractivity contribution in [1.82, 2.24) is 0 Å². The van der Waals surface area contributed by atoms with Crippen LogP contribution in [0, 0.1) is 0 Å². The van der Waals surface area contributed by atoms with Gasteiger partial charge in [-0.25, -0.2) is 0 Å². The molecule has 56 valence electrons. The van der Waals surface area contributed by atoms with Gasteiger partial charge in [0.1, 0.15) is 0 Å². The Morgan fingerprint density at radius 2 is 0.625 bits per heavy atom. The second-order valence-corrected chi connectivity index (χ2v) is 5.48. The van der Waals surface area contributed by atoms with E-state index in [9.17, 15) is 0 Å². The number of hydrogen-bond acceptors (Lipinski definition) is 0. The van der Waals surface area contributed by atoms with Crippen LogP contribution in [-0.4, -0.2) is 41.8 Å². The summed E-state index contributed by atoms with van der Waals surface area (Å²) in [5.74, 6) is 0. The van der Waals surface area contributed by atoms with Crippen LogP contribution in [0.15, 0.2) is 0 Å². The van der Waals surface area contributed by atoms with E-state index in [1.807, 2.05) is 0 Å². The molecule has 0 atom stereocenters. The first-order chi connectivity index (χ1) is 2.83. The van der Waals surface area contributed by atoms with Gasteiger partial charge in [-0.2, -0.15) is 0 Å². The van der Waals surface area contributed by atoms with E-state index in [2.05, 4.69) is 19.9 Å². The Morgan fingerprint density at radius 3 is 0.625 bits per heavy atom. The third kappa shape index (κ3) is 63.2. The number of halogens is 2. The fraction of sp³-hybridized carbons (Fsp3) is 1.00. The topological polar surface area (TPSA) is 0 Å². The summed E-state index contributed by atoms with van der Waals surface area (Å²) in [5.41, 5.74) is 0. The molecule has 8 heavy (non-hydrogen) atoms. The van der Waals surface area contributed by atoms with Crippen molar-refractivity contribution >= 4 is 89.8 Å². The van der Waals surface area contributed by atoms with Gasteiger partial charge < -0.3 is 0 Å². The van der Waals surface area contributed by atoms with Crippen molar-refractivity contribution in [2.45, 2.75) is 19.9 Å². The second-order valence-electron chi connectivity index (χ2n) is 0.816. The first-order valence-electron chi connectivity index (χ1n) is 1.63. The van der Waals surface area contributed by atoms with Gasteiger partial charge in [-0.3, -0.25) is 0 Å². The van der Waals surface area contributed by atoms with Crippen molar-refractivity contribution in [2.75, 3.05) is 0 Å². The molecule has 0 nitrogen and oxygen atoms in total. The number of hydrogen-bond donors (Lipinski definition) is 0. The standard InChI is InChI=1S/2C2H6Te.2HI/c2*1-3-2;;/h2*1-2H3;2*1H. The van der Waals surface area contributed by atoms with E-state index in [-0.39, 0.29) is 48.0 Å². The summed E-state index contributed by atoms with van der Waals surface area (Å²) < 4.78 is 0. The molecule has 0 aromatic rings. The van der Waals surface area contributed by atoms with Crippen LogP contribution in [0.4, 0.5) is 0 Å². The monoisotopic (exact) mass is 576 g/mol. The molecule has 0 aliphatic rings. The van der Waals surface area contributed by atoms with Crippen molar-refractivity contribution in [3.8, 4) is 0 Å². The van der Waals surface area contributed by atoms with E-state index in [0.717, 1.165) is 0 Å². The second kappa shape index (κ2) is 32.3. The van der Waals surface area contributed by atoms with Crippen molar-refractivity contribution < 1.29 is 0 Å². The van der Waals surface area contributed by atoms with Gasteiger partial charge in [-0.15, -0.1) is 48.0 Å². The molecule has 0 heterocycles. The maximum atomic E-state index is 2.26. The summed E-state index contributed by atoms with van der Waals surface area (Å²) in [4.78, 5) is 9.02. The SMILES string of the molecule is C[Te]C.C[Te]C.I.I. The van der Waals surface area contributed by atoms with Gasteiger partial charge in [0.2, 0.25) is 0 Å². The maximum absolute atomic E-state index is 2.26. The predicted molar refractivity (Wildman–Crippen MR) is 65.8 cm³/mol. The molecule has 0 bridgehead atoms. The average molecular weight is 571 g/mol. The number of rotatable bonds is 0. The smallest absolute Gasteiger partial charge is 0.107 e. The van der Waals surface area contributed by atoms with E-state index in [1.165, 1.54) is 0 Å². The zero-order valence-corrected chi connectivity index (χ0v) is 15.0. The predicted octanol–water partition coefficient (Wildman–Crippen LogP) is 2.81. The minimum atomic E-state index is 0. The Hall–Kier alpha value is 3.04. The molecular weight excluding hydrogens is 557 g/mol. The Morgan fingerprint density at radius 1 is 0.625 bits per heavy atom. The van der Waals surface area contributed by atoms with Crippen LogP contribution in [-0.2, 0) is 0 Å². The third-order valence-electron chi connectivity index (χ3n) is 0. The van der Waals surface area contributed by atoms with Crippen LogP contribution < -0.4 is 0 Å². The van der Waals surface area contributed by atoms with Crippen molar-refractivity contribution in [1.29, 1.82) is 0 Å². The molecule has 0 saturated carbocycles. The van der Waals surface area contributed by atoms with E-state index >= 15 is 0 Å². The Bertz CT molecular complexity index is 14.0. The average Bonchev–Trinajstić information content (AvgIpc) is 1.39. The Labute approximate surface area is 108 Å². The van der Waals surface area contributed by atoms with Crippen molar-refractivity contribution in [3.63, 3.8) is 0 Å². The minimum Gasteiger partial charge on any atom is -0.107 e. The van der Waals surface area contributed by atoms with Gasteiger partial charge in [0.15, 0.2) is 0 Å². The van der Waals surface area contributed by atoms with E-state index < -0.39 is 0 Å². The van der Waals surface area contributed by atoms with Gasteiger partial charge >= 0.3 is 61.7 Å². The largest absolute Gasteiger partial charge is 0.107 e. The van der Waals surface area contributed by atoms with Crippen molar-refractivity contribution in [2.24, 2.45) is 0 Å². The first kappa shape index (κ1) is 22.5. The molecule has 0 radical (unpaired) electrons.